The number of aryl methyl sites for hydroxylation is 1. The summed E-state index contributed by atoms with van der Waals surface area (Å²) in [6.45, 7) is 1.82. The molecule has 1 fully saturated rings. The normalized spacial score (nSPS) is 13.6. The Labute approximate surface area is 215 Å². The predicted molar refractivity (Wildman–Crippen MR) is 136 cm³/mol. The molecule has 1 aliphatic carbocycles. The minimum atomic E-state index is -3.63. The van der Waals surface area contributed by atoms with E-state index in [1.807, 2.05) is 6.92 Å². The van der Waals surface area contributed by atoms with E-state index in [1.165, 1.54) is 20.5 Å². The number of aromatic nitrogens is 5. The number of rotatable bonds is 7. The molecule has 37 heavy (non-hydrogen) atoms. The summed E-state index contributed by atoms with van der Waals surface area (Å²) in [5.74, 6) is 2.06. The summed E-state index contributed by atoms with van der Waals surface area (Å²) >= 11 is 0. The molecule has 4 aromatic rings. The van der Waals surface area contributed by atoms with E-state index >= 15 is 0 Å². The molecule has 0 aliphatic heterocycles. The quantitative estimate of drug-likeness (QED) is 0.367. The number of hydrogen-bond acceptors (Lipinski definition) is 9. The van der Waals surface area contributed by atoms with Gasteiger partial charge in [0.05, 0.1) is 31.9 Å². The third kappa shape index (κ3) is 5.88. The van der Waals surface area contributed by atoms with Crippen molar-refractivity contribution in [3.63, 3.8) is 0 Å². The molecule has 13 heteroatoms. The number of furan rings is 1. The van der Waals surface area contributed by atoms with E-state index in [2.05, 4.69) is 24.9 Å². The van der Waals surface area contributed by atoms with Gasteiger partial charge in [0.15, 0.2) is 11.6 Å². The van der Waals surface area contributed by atoms with Crippen LogP contribution in [0.15, 0.2) is 53.5 Å². The van der Waals surface area contributed by atoms with Crippen molar-refractivity contribution in [3.8, 4) is 28.8 Å². The highest BCUT2D eigenvalue weighted by Gasteiger charge is 2.32. The van der Waals surface area contributed by atoms with Crippen LogP contribution in [0.25, 0.3) is 17.3 Å². The summed E-state index contributed by atoms with van der Waals surface area (Å²) in [4.78, 5) is 6.80. The van der Waals surface area contributed by atoms with E-state index < -0.39 is 21.1 Å². The van der Waals surface area contributed by atoms with Crippen LogP contribution < -0.4 is 14.2 Å². The molecule has 1 aliphatic rings. The Morgan fingerprint density at radius 2 is 1.70 bits per heavy atom. The van der Waals surface area contributed by atoms with Gasteiger partial charge in [0, 0.05) is 1.43 Å². The smallest absolute Gasteiger partial charge is 0.243 e. The summed E-state index contributed by atoms with van der Waals surface area (Å²) in [6, 6.07) is 8.85. The van der Waals surface area contributed by atoms with Crippen LogP contribution in [0.3, 0.4) is 0 Å². The van der Waals surface area contributed by atoms with Gasteiger partial charge < -0.3 is 13.9 Å². The minimum Gasteiger partial charge on any atom is -0.494 e. The Bertz CT molecular complexity index is 1420. The van der Waals surface area contributed by atoms with Crippen molar-refractivity contribution in [2.45, 2.75) is 37.9 Å². The maximum atomic E-state index is 13.0. The second kappa shape index (κ2) is 11.4. The number of nitrogens with one attached hydrogen (secondary N) is 1. The maximum absolute atomic E-state index is 13.0. The minimum absolute atomic E-state index is 0. The van der Waals surface area contributed by atoms with Crippen LogP contribution in [-0.4, -0.2) is 52.6 Å². The summed E-state index contributed by atoms with van der Waals surface area (Å²) in [5.41, 5.74) is 0.473. The topological polar surface area (TPSA) is 134 Å². The van der Waals surface area contributed by atoms with E-state index in [9.17, 15) is 12.8 Å². The lowest BCUT2D eigenvalue weighted by Gasteiger charge is -2.18. The molecule has 0 amide bonds. The van der Waals surface area contributed by atoms with Crippen LogP contribution in [0.1, 0.15) is 32.9 Å². The standard InChI is InChI=1S/C20H24N4O5S.C4H3FN2.H2/c1-13-11-12-17(29-13)19-21-22-20(23-30(25,26)14-7-4-5-8-14)24(19)18-15(27-2)9-6-10-16(18)28-3;5-4-1-6-3-7-2-4;/h6,9-12,14H,4-5,7-8H2,1-3H3,(H,22,23);1-3H;1H. The maximum Gasteiger partial charge on any atom is 0.243 e. The van der Waals surface area contributed by atoms with Crippen molar-refractivity contribution < 1.29 is 28.1 Å². The van der Waals surface area contributed by atoms with Gasteiger partial charge in [-0.1, -0.05) is 18.9 Å². The lowest BCUT2D eigenvalue weighted by Crippen LogP contribution is -2.27. The van der Waals surface area contributed by atoms with E-state index in [4.69, 9.17) is 13.9 Å². The summed E-state index contributed by atoms with van der Waals surface area (Å²) < 4.78 is 58.7. The largest absolute Gasteiger partial charge is 0.494 e. The van der Waals surface area contributed by atoms with E-state index in [1.54, 1.807) is 34.9 Å². The monoisotopic (exact) mass is 532 g/mol. The molecule has 0 radical (unpaired) electrons. The molecule has 198 valence electrons. The van der Waals surface area contributed by atoms with Gasteiger partial charge in [-0.3, -0.25) is 9.29 Å². The van der Waals surface area contributed by atoms with Crippen LogP contribution >= 0.6 is 0 Å². The zero-order chi connectivity index (χ0) is 26.4. The molecular weight excluding hydrogens is 503 g/mol. The highest BCUT2D eigenvalue weighted by Crippen LogP contribution is 2.38. The Morgan fingerprint density at radius 3 is 2.22 bits per heavy atom. The van der Waals surface area contributed by atoms with Crippen molar-refractivity contribution in [1.82, 2.24) is 24.7 Å². The Hall–Kier alpha value is -4.00. The van der Waals surface area contributed by atoms with Crippen molar-refractivity contribution in [1.29, 1.82) is 0 Å². The lowest BCUT2D eigenvalue weighted by molar-refractivity contribution is 0.391. The highest BCUT2D eigenvalue weighted by molar-refractivity contribution is 7.93. The number of halogens is 1. The van der Waals surface area contributed by atoms with E-state index in [0.717, 1.165) is 25.2 Å². The van der Waals surface area contributed by atoms with Crippen LogP contribution in [0.4, 0.5) is 10.3 Å². The molecule has 3 aromatic heterocycles. The van der Waals surface area contributed by atoms with Gasteiger partial charge in [0.1, 0.15) is 29.3 Å². The zero-order valence-electron chi connectivity index (χ0n) is 20.6. The molecule has 1 N–H and O–H groups in total. The fourth-order valence-corrected chi connectivity index (χ4v) is 5.53. The lowest BCUT2D eigenvalue weighted by atomic mass is 10.2. The van der Waals surface area contributed by atoms with Gasteiger partial charge >= 0.3 is 0 Å². The van der Waals surface area contributed by atoms with Crippen LogP contribution in [-0.2, 0) is 10.0 Å². The van der Waals surface area contributed by atoms with Crippen molar-refractivity contribution in [3.05, 3.63) is 60.6 Å². The number of nitrogens with zero attached hydrogens (tertiary/aromatic N) is 5. The third-order valence-corrected chi connectivity index (χ3v) is 7.57. The average Bonchev–Trinajstić information content (AvgIpc) is 3.66. The Kier molecular flexibility index (Phi) is 8.01. The number of para-hydroxylation sites is 1. The fourth-order valence-electron chi connectivity index (χ4n) is 4.02. The first-order valence-corrected chi connectivity index (χ1v) is 13.0. The van der Waals surface area contributed by atoms with Gasteiger partial charge in [0.25, 0.3) is 0 Å². The van der Waals surface area contributed by atoms with Crippen molar-refractivity contribution in [2.24, 2.45) is 0 Å². The Balaban J connectivity index is 0.000000435. The molecule has 11 nitrogen and oxygen atoms in total. The molecule has 1 aromatic carbocycles. The summed E-state index contributed by atoms with van der Waals surface area (Å²) in [5, 5.41) is 7.91. The fraction of sp³-hybridized carbons (Fsp3) is 0.333. The van der Waals surface area contributed by atoms with E-state index in [0.29, 0.717) is 47.4 Å². The molecule has 0 bridgehead atoms. The number of ether oxygens (including phenoxy) is 2. The number of sulfonamides is 1. The number of methoxy groups -OCH3 is 2. The number of benzene rings is 1. The van der Waals surface area contributed by atoms with Gasteiger partial charge in [-0.05, 0) is 44.0 Å². The van der Waals surface area contributed by atoms with Gasteiger partial charge in [-0.15, -0.1) is 10.2 Å². The van der Waals surface area contributed by atoms with Gasteiger partial charge in [-0.2, -0.15) is 0 Å². The molecule has 0 unspecified atom stereocenters. The van der Waals surface area contributed by atoms with Crippen molar-refractivity contribution in [2.75, 3.05) is 18.9 Å². The molecule has 0 spiro atoms. The molecule has 3 heterocycles. The van der Waals surface area contributed by atoms with Crippen molar-refractivity contribution >= 4 is 16.0 Å². The molecule has 0 atom stereocenters. The zero-order valence-corrected chi connectivity index (χ0v) is 21.4. The van der Waals surface area contributed by atoms with Crippen LogP contribution in [0.5, 0.6) is 11.5 Å². The summed E-state index contributed by atoms with van der Waals surface area (Å²) in [6.07, 6.45) is 6.55. The average molecular weight is 533 g/mol. The number of hydrogen-bond donors (Lipinski definition) is 1. The molecule has 1 saturated carbocycles. The second-order valence-electron chi connectivity index (χ2n) is 8.21. The molecular formula is C24H29FN6O5S. The van der Waals surface area contributed by atoms with Crippen LogP contribution in [0, 0.1) is 12.7 Å². The predicted octanol–water partition coefficient (Wildman–Crippen LogP) is 4.40. The first-order chi connectivity index (χ1) is 17.8. The van der Waals surface area contributed by atoms with Gasteiger partial charge in [-0.25, -0.2) is 22.8 Å². The Morgan fingerprint density at radius 1 is 1.05 bits per heavy atom. The first kappa shape index (κ1) is 26.1. The second-order valence-corrected chi connectivity index (χ2v) is 10.2. The third-order valence-electron chi connectivity index (χ3n) is 5.75. The molecule has 5 rings (SSSR count). The SMILES string of the molecule is COc1cccc(OC)c1-n1c(NS(=O)(=O)C2CCCC2)nnc1-c1ccc(C)o1.Fc1cncnc1.[HH]. The van der Waals surface area contributed by atoms with Gasteiger partial charge in [0.2, 0.25) is 21.8 Å². The van der Waals surface area contributed by atoms with Crippen LogP contribution in [0.2, 0.25) is 0 Å². The van der Waals surface area contributed by atoms with E-state index in [-0.39, 0.29) is 7.37 Å². The highest BCUT2D eigenvalue weighted by atomic mass is 32.2. The number of anilines is 1. The summed E-state index contributed by atoms with van der Waals surface area (Å²) in [7, 11) is -0.573. The molecule has 0 saturated heterocycles. The first-order valence-electron chi connectivity index (χ1n) is 11.5.